The van der Waals surface area contributed by atoms with Crippen LogP contribution in [0.1, 0.15) is 303 Å². The molecule has 0 heterocycles. The zero-order chi connectivity index (χ0) is 47.2. The number of nitrogens with one attached hydrogen (secondary N) is 1. The lowest BCUT2D eigenvalue weighted by atomic mass is 10.0. The minimum atomic E-state index is -0.854. The summed E-state index contributed by atoms with van der Waals surface area (Å²) in [6.07, 6.45) is 67.2. The molecule has 382 valence electrons. The highest BCUT2D eigenvalue weighted by Crippen LogP contribution is 2.16. The van der Waals surface area contributed by atoms with E-state index in [-0.39, 0.29) is 18.5 Å². The van der Waals surface area contributed by atoms with Crippen molar-refractivity contribution in [1.29, 1.82) is 0 Å². The summed E-state index contributed by atoms with van der Waals surface area (Å²) in [7, 11) is 0. The SMILES string of the molecule is CCCCC/C=C\C/C=C\CCCCCCCCCCCC(=O)OCCCCCCCCCCCCCCCC(=O)NC(CO)C(O)/C=C/CCCCCCCCCCCCCCCC. The van der Waals surface area contributed by atoms with E-state index in [1.807, 2.05) is 6.08 Å². The molecule has 0 aromatic rings. The lowest BCUT2D eigenvalue weighted by Crippen LogP contribution is -2.45. The lowest BCUT2D eigenvalue weighted by Gasteiger charge is -2.20. The van der Waals surface area contributed by atoms with Crippen molar-refractivity contribution >= 4 is 11.9 Å². The average molecular weight is 915 g/mol. The van der Waals surface area contributed by atoms with Gasteiger partial charge in [0.1, 0.15) is 0 Å². The van der Waals surface area contributed by atoms with Crippen molar-refractivity contribution in [3.8, 4) is 0 Å². The molecule has 0 aliphatic rings. The highest BCUT2D eigenvalue weighted by molar-refractivity contribution is 5.76. The van der Waals surface area contributed by atoms with Crippen molar-refractivity contribution < 1.29 is 24.5 Å². The second-order valence-corrected chi connectivity index (χ2v) is 19.6. The molecule has 0 saturated carbocycles. The number of rotatable bonds is 53. The smallest absolute Gasteiger partial charge is 0.305 e. The number of esters is 1. The van der Waals surface area contributed by atoms with Crippen LogP contribution >= 0.6 is 0 Å². The first-order chi connectivity index (χ1) is 32.0. The van der Waals surface area contributed by atoms with Crippen LogP contribution in [0.25, 0.3) is 0 Å². The van der Waals surface area contributed by atoms with E-state index in [1.165, 1.54) is 212 Å². The molecule has 6 heteroatoms. The number of aliphatic hydroxyl groups excluding tert-OH is 2. The fourth-order valence-corrected chi connectivity index (χ4v) is 8.72. The van der Waals surface area contributed by atoms with Gasteiger partial charge in [-0.3, -0.25) is 9.59 Å². The van der Waals surface area contributed by atoms with Crippen LogP contribution in [0.2, 0.25) is 0 Å². The molecule has 0 rings (SSSR count). The number of aliphatic hydroxyl groups is 2. The summed E-state index contributed by atoms with van der Waals surface area (Å²) in [5.74, 6) is -0.0907. The zero-order valence-electron chi connectivity index (χ0n) is 43.5. The average Bonchev–Trinajstić information content (AvgIpc) is 3.31. The largest absolute Gasteiger partial charge is 0.466 e. The molecule has 2 unspecified atom stereocenters. The molecule has 0 aromatic carbocycles. The van der Waals surface area contributed by atoms with E-state index < -0.39 is 12.1 Å². The van der Waals surface area contributed by atoms with Crippen LogP contribution in [0.4, 0.5) is 0 Å². The molecule has 2 atom stereocenters. The molecule has 0 radical (unpaired) electrons. The molecule has 0 saturated heterocycles. The summed E-state index contributed by atoms with van der Waals surface area (Å²) in [5.41, 5.74) is 0. The summed E-state index contributed by atoms with van der Waals surface area (Å²) < 4.78 is 5.48. The fraction of sp³-hybridized carbons (Fsp3) is 0.864. The molecule has 6 nitrogen and oxygen atoms in total. The Morgan fingerprint density at radius 2 is 0.769 bits per heavy atom. The molecule has 0 spiro atoms. The molecule has 0 aliphatic carbocycles. The fourth-order valence-electron chi connectivity index (χ4n) is 8.72. The number of allylic oxidation sites excluding steroid dienone is 5. The van der Waals surface area contributed by atoms with Gasteiger partial charge in [-0.15, -0.1) is 0 Å². The number of hydrogen-bond acceptors (Lipinski definition) is 5. The maximum atomic E-state index is 12.5. The van der Waals surface area contributed by atoms with Crippen LogP contribution in [-0.2, 0) is 14.3 Å². The highest BCUT2D eigenvalue weighted by Gasteiger charge is 2.18. The Morgan fingerprint density at radius 1 is 0.431 bits per heavy atom. The lowest BCUT2D eigenvalue weighted by molar-refractivity contribution is -0.143. The summed E-state index contributed by atoms with van der Waals surface area (Å²) in [6.45, 7) is 4.86. The quantitative estimate of drug-likeness (QED) is 0.0321. The van der Waals surface area contributed by atoms with Gasteiger partial charge in [0.25, 0.3) is 0 Å². The highest BCUT2D eigenvalue weighted by atomic mass is 16.5. The third-order valence-corrected chi connectivity index (χ3v) is 13.2. The van der Waals surface area contributed by atoms with Crippen molar-refractivity contribution in [2.24, 2.45) is 0 Å². The number of amides is 1. The first-order valence-corrected chi connectivity index (χ1v) is 28.8. The Morgan fingerprint density at radius 3 is 1.20 bits per heavy atom. The summed E-state index contributed by atoms with van der Waals surface area (Å²) >= 11 is 0. The van der Waals surface area contributed by atoms with Crippen LogP contribution in [0, 0.1) is 0 Å². The molecule has 0 fully saturated rings. The predicted octanol–water partition coefficient (Wildman–Crippen LogP) is 17.6. The Labute approximate surface area is 404 Å². The van der Waals surface area contributed by atoms with E-state index in [2.05, 4.69) is 43.5 Å². The standard InChI is InChI=1S/C59H111NO5/c1-3-5-7-9-11-13-15-17-19-21-22-23-25-29-33-37-41-45-49-53-59(64)65-54-50-46-42-38-34-30-26-28-32-36-40-44-48-52-58(63)60-56(55-61)57(62)51-47-43-39-35-31-27-24-20-18-16-14-12-10-8-6-4-2/h11,13,17,19,47,51,56-57,61-62H,3-10,12,14-16,18,20-46,48-50,52-55H2,1-2H3,(H,60,63)/b13-11-,19-17-,51-47+. The van der Waals surface area contributed by atoms with Crippen LogP contribution < -0.4 is 5.32 Å². The van der Waals surface area contributed by atoms with Crippen molar-refractivity contribution in [2.45, 2.75) is 315 Å². The molecular weight excluding hydrogens is 803 g/mol. The van der Waals surface area contributed by atoms with Gasteiger partial charge in [0.15, 0.2) is 0 Å². The van der Waals surface area contributed by atoms with Crippen LogP contribution in [0.15, 0.2) is 36.5 Å². The van der Waals surface area contributed by atoms with E-state index in [9.17, 15) is 19.8 Å². The van der Waals surface area contributed by atoms with Gasteiger partial charge in [0.2, 0.25) is 5.91 Å². The molecule has 0 aromatic heterocycles. The van der Waals surface area contributed by atoms with Gasteiger partial charge in [0.05, 0.1) is 25.4 Å². The van der Waals surface area contributed by atoms with Crippen LogP contribution in [-0.4, -0.2) is 47.4 Å². The van der Waals surface area contributed by atoms with E-state index >= 15 is 0 Å². The van der Waals surface area contributed by atoms with E-state index in [1.54, 1.807) is 6.08 Å². The summed E-state index contributed by atoms with van der Waals surface area (Å²) in [4.78, 5) is 24.5. The van der Waals surface area contributed by atoms with Gasteiger partial charge >= 0.3 is 5.97 Å². The topological polar surface area (TPSA) is 95.9 Å². The normalized spacial score (nSPS) is 12.9. The Kier molecular flexibility index (Phi) is 53.1. The third-order valence-electron chi connectivity index (χ3n) is 13.2. The summed E-state index contributed by atoms with van der Waals surface area (Å²) in [6, 6.07) is -0.638. The van der Waals surface area contributed by atoms with Crippen molar-refractivity contribution in [2.75, 3.05) is 13.2 Å². The number of carbonyl (C=O) groups is 2. The minimum absolute atomic E-state index is 0.0106. The number of ether oxygens (including phenoxy) is 1. The molecule has 3 N–H and O–H groups in total. The Hall–Kier alpha value is -1.92. The molecule has 0 bridgehead atoms. The Balaban J connectivity index is 3.47. The maximum absolute atomic E-state index is 12.5. The van der Waals surface area contributed by atoms with Gasteiger partial charge in [0, 0.05) is 12.8 Å². The molecular formula is C59H111NO5. The molecule has 1 amide bonds. The Bertz CT molecular complexity index is 1060. The van der Waals surface area contributed by atoms with Gasteiger partial charge in [-0.1, -0.05) is 262 Å². The molecule has 65 heavy (non-hydrogen) atoms. The first-order valence-electron chi connectivity index (χ1n) is 28.8. The van der Waals surface area contributed by atoms with Gasteiger partial charge in [-0.25, -0.2) is 0 Å². The van der Waals surface area contributed by atoms with E-state index in [0.717, 1.165) is 64.2 Å². The monoisotopic (exact) mass is 914 g/mol. The third kappa shape index (κ3) is 51.3. The molecule has 0 aliphatic heterocycles. The second kappa shape index (κ2) is 54.7. The maximum Gasteiger partial charge on any atom is 0.305 e. The van der Waals surface area contributed by atoms with Gasteiger partial charge in [-0.05, 0) is 64.2 Å². The number of carbonyl (C=O) groups excluding carboxylic acids is 2. The van der Waals surface area contributed by atoms with Crippen molar-refractivity contribution in [3.05, 3.63) is 36.5 Å². The number of hydrogen-bond donors (Lipinski definition) is 3. The minimum Gasteiger partial charge on any atom is -0.466 e. The van der Waals surface area contributed by atoms with Crippen LogP contribution in [0.5, 0.6) is 0 Å². The van der Waals surface area contributed by atoms with E-state index in [0.29, 0.717) is 19.4 Å². The van der Waals surface area contributed by atoms with Crippen molar-refractivity contribution in [3.63, 3.8) is 0 Å². The van der Waals surface area contributed by atoms with E-state index in [4.69, 9.17) is 4.74 Å². The first kappa shape index (κ1) is 63.1. The predicted molar refractivity (Wildman–Crippen MR) is 283 cm³/mol. The zero-order valence-corrected chi connectivity index (χ0v) is 43.5. The van der Waals surface area contributed by atoms with Crippen molar-refractivity contribution in [1.82, 2.24) is 5.32 Å². The van der Waals surface area contributed by atoms with Gasteiger partial charge < -0.3 is 20.3 Å². The number of unbranched alkanes of at least 4 members (excludes halogenated alkanes) is 38. The van der Waals surface area contributed by atoms with Gasteiger partial charge in [-0.2, -0.15) is 0 Å². The van der Waals surface area contributed by atoms with Crippen LogP contribution in [0.3, 0.4) is 0 Å². The summed E-state index contributed by atoms with van der Waals surface area (Å²) in [5, 5.41) is 23.1. The second-order valence-electron chi connectivity index (χ2n) is 19.6.